The van der Waals surface area contributed by atoms with E-state index in [1.165, 1.54) is 12.1 Å². The van der Waals surface area contributed by atoms with Gasteiger partial charge in [0.15, 0.2) is 0 Å². The molecule has 1 N–H and O–H groups in total. The largest absolute Gasteiger partial charge is 0.331 e. The molecule has 136 valence electrons. The Labute approximate surface area is 162 Å². The number of nitrogens with zero attached hydrogens (tertiary/aromatic N) is 2. The molecule has 0 radical (unpaired) electrons. The maximum Gasteiger partial charge on any atom is 0.242 e. The van der Waals surface area contributed by atoms with Gasteiger partial charge in [-0.3, -0.25) is 0 Å². The van der Waals surface area contributed by atoms with Crippen molar-refractivity contribution in [3.63, 3.8) is 0 Å². The van der Waals surface area contributed by atoms with Crippen LogP contribution in [0.1, 0.15) is 6.42 Å². The highest BCUT2D eigenvalue weighted by atomic mass is 35.5. The molecule has 5 nitrogen and oxygen atoms in total. The van der Waals surface area contributed by atoms with Gasteiger partial charge >= 0.3 is 0 Å². The van der Waals surface area contributed by atoms with E-state index in [9.17, 15) is 8.42 Å². The molecule has 0 aliphatic heterocycles. The Morgan fingerprint density at radius 3 is 2.62 bits per heavy atom. The summed E-state index contributed by atoms with van der Waals surface area (Å²) in [5, 5.41) is 0.462. The summed E-state index contributed by atoms with van der Waals surface area (Å²) < 4.78 is 29.3. The Bertz CT molecular complexity index is 989. The monoisotopic (exact) mass is 409 g/mol. The molecule has 26 heavy (non-hydrogen) atoms. The molecule has 0 fully saturated rings. The van der Waals surface area contributed by atoms with Crippen molar-refractivity contribution in [2.45, 2.75) is 17.9 Å². The number of aromatic nitrogens is 2. The normalized spacial score (nSPS) is 11.6. The van der Waals surface area contributed by atoms with Crippen LogP contribution in [0.3, 0.4) is 0 Å². The Kier molecular flexibility index (Phi) is 5.98. The maximum atomic E-state index is 12.4. The predicted octanol–water partition coefficient (Wildman–Crippen LogP) is 4.23. The fraction of sp³-hybridized carbons (Fsp3) is 0.167. The van der Waals surface area contributed by atoms with Crippen LogP contribution in [0.25, 0.3) is 11.4 Å². The van der Waals surface area contributed by atoms with Crippen LogP contribution in [0.2, 0.25) is 10.0 Å². The van der Waals surface area contributed by atoms with Crippen molar-refractivity contribution in [2.75, 3.05) is 6.54 Å². The standard InChI is InChI=1S/C18H17Cl2N3O2S/c19-15-7-8-16(20)17(13-15)26(24,25)22-9-4-11-23-12-10-21-18(23)14-5-2-1-3-6-14/h1-3,5-8,10,12-13,22H,4,9,11H2. The highest BCUT2D eigenvalue weighted by molar-refractivity contribution is 7.89. The number of sulfonamides is 1. The van der Waals surface area contributed by atoms with Gasteiger partial charge < -0.3 is 4.57 Å². The van der Waals surface area contributed by atoms with Gasteiger partial charge in [-0.25, -0.2) is 18.1 Å². The number of rotatable bonds is 7. The Morgan fingerprint density at radius 2 is 1.85 bits per heavy atom. The number of imidazole rings is 1. The second-order valence-corrected chi connectivity index (χ2v) is 8.22. The zero-order valence-corrected chi connectivity index (χ0v) is 16.1. The average molecular weight is 410 g/mol. The molecule has 2 aromatic carbocycles. The Balaban J connectivity index is 1.61. The summed E-state index contributed by atoms with van der Waals surface area (Å²) in [6, 6.07) is 14.2. The van der Waals surface area contributed by atoms with E-state index in [0.29, 0.717) is 18.0 Å². The van der Waals surface area contributed by atoms with Crippen LogP contribution in [0.4, 0.5) is 0 Å². The topological polar surface area (TPSA) is 64.0 Å². The lowest BCUT2D eigenvalue weighted by Gasteiger charge is -2.10. The molecule has 0 aliphatic rings. The number of nitrogens with one attached hydrogen (secondary N) is 1. The first-order chi connectivity index (χ1) is 12.5. The number of benzene rings is 2. The van der Waals surface area contributed by atoms with Gasteiger partial charge in [0.1, 0.15) is 10.7 Å². The van der Waals surface area contributed by atoms with Crippen LogP contribution >= 0.6 is 23.2 Å². The zero-order chi connectivity index (χ0) is 18.6. The lowest BCUT2D eigenvalue weighted by Crippen LogP contribution is -2.26. The first kappa shape index (κ1) is 18.9. The summed E-state index contributed by atoms with van der Waals surface area (Å²) >= 11 is 11.8. The lowest BCUT2D eigenvalue weighted by atomic mass is 10.2. The molecule has 0 unspecified atom stereocenters. The van der Waals surface area contributed by atoms with Gasteiger partial charge in [-0.05, 0) is 24.6 Å². The van der Waals surface area contributed by atoms with Crippen molar-refractivity contribution in [1.29, 1.82) is 0 Å². The number of halogens is 2. The van der Waals surface area contributed by atoms with E-state index in [-0.39, 0.29) is 16.5 Å². The van der Waals surface area contributed by atoms with Gasteiger partial charge in [0.05, 0.1) is 5.02 Å². The van der Waals surface area contributed by atoms with Crippen molar-refractivity contribution in [1.82, 2.24) is 14.3 Å². The van der Waals surface area contributed by atoms with Crippen LogP contribution in [0.15, 0.2) is 65.8 Å². The summed E-state index contributed by atoms with van der Waals surface area (Å²) in [7, 11) is -3.71. The summed E-state index contributed by atoms with van der Waals surface area (Å²) in [5.74, 6) is 0.853. The van der Waals surface area contributed by atoms with E-state index in [4.69, 9.17) is 23.2 Å². The molecule has 3 aromatic rings. The van der Waals surface area contributed by atoms with Crippen molar-refractivity contribution < 1.29 is 8.42 Å². The minimum atomic E-state index is -3.71. The van der Waals surface area contributed by atoms with E-state index in [1.54, 1.807) is 12.3 Å². The van der Waals surface area contributed by atoms with Gasteiger partial charge in [0, 0.05) is 36.1 Å². The highest BCUT2D eigenvalue weighted by Crippen LogP contribution is 2.24. The third-order valence-electron chi connectivity index (χ3n) is 3.80. The quantitative estimate of drug-likeness (QED) is 0.593. The minimum Gasteiger partial charge on any atom is -0.331 e. The molecule has 0 spiro atoms. The highest BCUT2D eigenvalue weighted by Gasteiger charge is 2.17. The molecule has 0 saturated carbocycles. The second kappa shape index (κ2) is 8.22. The minimum absolute atomic E-state index is 0.0146. The SMILES string of the molecule is O=S(=O)(NCCCn1ccnc1-c1ccccc1)c1cc(Cl)ccc1Cl. The number of hydrogen-bond donors (Lipinski definition) is 1. The van der Waals surface area contributed by atoms with Crippen molar-refractivity contribution in [3.05, 3.63) is 71.0 Å². The van der Waals surface area contributed by atoms with E-state index >= 15 is 0 Å². The maximum absolute atomic E-state index is 12.4. The zero-order valence-electron chi connectivity index (χ0n) is 13.8. The van der Waals surface area contributed by atoms with Crippen LogP contribution in [-0.4, -0.2) is 24.5 Å². The molecular formula is C18H17Cl2N3O2S. The van der Waals surface area contributed by atoms with Crippen LogP contribution in [0.5, 0.6) is 0 Å². The molecule has 0 atom stereocenters. The van der Waals surface area contributed by atoms with E-state index in [1.807, 2.05) is 41.1 Å². The van der Waals surface area contributed by atoms with Gasteiger partial charge in [0.25, 0.3) is 0 Å². The fourth-order valence-electron chi connectivity index (χ4n) is 2.55. The molecule has 0 saturated heterocycles. The van der Waals surface area contributed by atoms with Crippen LogP contribution in [-0.2, 0) is 16.6 Å². The summed E-state index contributed by atoms with van der Waals surface area (Å²) in [6.07, 6.45) is 4.22. The Hall–Kier alpha value is -1.86. The average Bonchev–Trinajstić information content (AvgIpc) is 3.10. The molecule has 0 bridgehead atoms. The Morgan fingerprint density at radius 1 is 1.08 bits per heavy atom. The van der Waals surface area contributed by atoms with Gasteiger partial charge in [-0.2, -0.15) is 0 Å². The van der Waals surface area contributed by atoms with E-state index in [2.05, 4.69) is 9.71 Å². The summed E-state index contributed by atoms with van der Waals surface area (Å²) in [5.41, 5.74) is 1.02. The third-order valence-corrected chi connectivity index (χ3v) is 5.98. The summed E-state index contributed by atoms with van der Waals surface area (Å²) in [4.78, 5) is 4.36. The van der Waals surface area contributed by atoms with Crippen LogP contribution < -0.4 is 4.72 Å². The van der Waals surface area contributed by atoms with Crippen molar-refractivity contribution in [3.8, 4) is 11.4 Å². The molecule has 3 rings (SSSR count). The molecule has 1 heterocycles. The number of aryl methyl sites for hydroxylation is 1. The fourth-order valence-corrected chi connectivity index (χ4v) is 4.39. The lowest BCUT2D eigenvalue weighted by molar-refractivity contribution is 0.570. The molecule has 0 amide bonds. The molecular weight excluding hydrogens is 393 g/mol. The van der Waals surface area contributed by atoms with Crippen molar-refractivity contribution >= 4 is 33.2 Å². The second-order valence-electron chi connectivity index (χ2n) is 5.64. The van der Waals surface area contributed by atoms with Crippen LogP contribution in [0, 0.1) is 0 Å². The van der Waals surface area contributed by atoms with Gasteiger partial charge in [-0.1, -0.05) is 53.5 Å². The third kappa shape index (κ3) is 4.45. The first-order valence-electron chi connectivity index (χ1n) is 7.98. The molecule has 1 aromatic heterocycles. The molecule has 8 heteroatoms. The molecule has 0 aliphatic carbocycles. The smallest absolute Gasteiger partial charge is 0.242 e. The van der Waals surface area contributed by atoms with Crippen molar-refractivity contribution in [2.24, 2.45) is 0 Å². The number of hydrogen-bond acceptors (Lipinski definition) is 3. The van der Waals surface area contributed by atoms with E-state index < -0.39 is 10.0 Å². The first-order valence-corrected chi connectivity index (χ1v) is 10.2. The van der Waals surface area contributed by atoms with Gasteiger partial charge in [0.2, 0.25) is 10.0 Å². The van der Waals surface area contributed by atoms with E-state index in [0.717, 1.165) is 11.4 Å². The van der Waals surface area contributed by atoms with Gasteiger partial charge in [-0.15, -0.1) is 0 Å². The predicted molar refractivity (Wildman–Crippen MR) is 104 cm³/mol. The summed E-state index contributed by atoms with van der Waals surface area (Å²) in [6.45, 7) is 0.910.